The van der Waals surface area contributed by atoms with Crippen molar-refractivity contribution in [3.63, 3.8) is 0 Å². The third-order valence-electron chi connectivity index (χ3n) is 13.8. The molecular weight excluding hydrogens is 735 g/mol. The molecule has 61 heavy (non-hydrogen) atoms. The average molecular weight is 782 g/mol. The van der Waals surface area contributed by atoms with Crippen LogP contribution in [0.5, 0.6) is 0 Å². The van der Waals surface area contributed by atoms with Gasteiger partial charge in [0.2, 0.25) is 0 Å². The first-order valence-corrected chi connectivity index (χ1v) is 21.4. The zero-order chi connectivity index (χ0) is 41.6. The molecule has 2 aliphatic rings. The number of allylic oxidation sites excluding steroid dienone is 4. The van der Waals surface area contributed by atoms with Crippen molar-refractivity contribution in [3.05, 3.63) is 234 Å². The lowest BCUT2D eigenvalue weighted by Crippen LogP contribution is -2.15. The van der Waals surface area contributed by atoms with Crippen LogP contribution in [0, 0.1) is 0 Å². The summed E-state index contributed by atoms with van der Waals surface area (Å²) in [6, 6.07) is 64.2. The summed E-state index contributed by atoms with van der Waals surface area (Å²) in [6.07, 6.45) is 4.36. The normalized spacial score (nSPS) is 14.8. The van der Waals surface area contributed by atoms with Gasteiger partial charge in [-0.2, -0.15) is 0 Å². The van der Waals surface area contributed by atoms with E-state index in [0.29, 0.717) is 5.70 Å². The maximum atomic E-state index is 7.02. The maximum Gasteiger partial charge on any atom is 0.0393 e. The molecule has 0 bridgehead atoms. The van der Waals surface area contributed by atoms with Gasteiger partial charge in [-0.25, -0.2) is 0 Å². The molecule has 0 heterocycles. The highest BCUT2D eigenvalue weighted by atomic mass is 14.6. The Kier molecular flexibility index (Phi) is 8.25. The van der Waals surface area contributed by atoms with E-state index in [1.807, 2.05) is 24.3 Å². The topological polar surface area (TPSA) is 26.0 Å². The van der Waals surface area contributed by atoms with Crippen LogP contribution in [0.1, 0.15) is 66.6 Å². The van der Waals surface area contributed by atoms with Gasteiger partial charge in [0.15, 0.2) is 0 Å². The van der Waals surface area contributed by atoms with E-state index in [2.05, 4.69) is 198 Å². The SMILES string of the molecule is C=C(/C=C(\C=C(/N)c1ccccc1)c1c2ccccc2c(-c2cc3c(c4c5c(ccc24)C(C)(C)c2ccccc2-5)-c2ccccc2C3(C)C)c2ccccc12)c1ccccc1. The molecule has 0 spiro atoms. The van der Waals surface area contributed by atoms with Crippen molar-refractivity contribution in [1.29, 1.82) is 0 Å². The molecule has 9 aromatic carbocycles. The number of benzene rings is 9. The van der Waals surface area contributed by atoms with Gasteiger partial charge in [0.05, 0.1) is 0 Å². The number of hydrogen-bond acceptors (Lipinski definition) is 1. The summed E-state index contributed by atoms with van der Waals surface area (Å²) in [5.41, 5.74) is 26.0. The van der Waals surface area contributed by atoms with Gasteiger partial charge in [-0.1, -0.05) is 204 Å². The molecule has 0 unspecified atom stereocenters. The van der Waals surface area contributed by atoms with Crippen LogP contribution in [0.25, 0.3) is 82.5 Å². The molecule has 2 N–H and O–H groups in total. The highest BCUT2D eigenvalue weighted by molar-refractivity contribution is 6.25. The second-order valence-corrected chi connectivity index (χ2v) is 17.9. The average Bonchev–Trinajstić information content (AvgIpc) is 3.67. The second-order valence-electron chi connectivity index (χ2n) is 17.9. The summed E-state index contributed by atoms with van der Waals surface area (Å²) in [6.45, 7) is 14.2. The van der Waals surface area contributed by atoms with Crippen LogP contribution in [0.4, 0.5) is 0 Å². The van der Waals surface area contributed by atoms with Gasteiger partial charge in [-0.15, -0.1) is 0 Å². The molecule has 0 saturated carbocycles. The first-order valence-electron chi connectivity index (χ1n) is 21.4. The lowest BCUT2D eigenvalue weighted by Gasteiger charge is -2.26. The molecule has 9 aromatic rings. The van der Waals surface area contributed by atoms with Crippen LogP contribution >= 0.6 is 0 Å². The van der Waals surface area contributed by atoms with Gasteiger partial charge in [0.1, 0.15) is 0 Å². The highest BCUT2D eigenvalue weighted by Crippen LogP contribution is 2.59. The Bertz CT molecular complexity index is 3280. The fourth-order valence-corrected chi connectivity index (χ4v) is 10.8. The minimum Gasteiger partial charge on any atom is -0.398 e. The Morgan fingerprint density at radius 1 is 0.426 bits per heavy atom. The molecule has 0 amide bonds. The summed E-state index contributed by atoms with van der Waals surface area (Å²) >= 11 is 0. The van der Waals surface area contributed by atoms with Crippen molar-refractivity contribution < 1.29 is 0 Å². The van der Waals surface area contributed by atoms with Crippen LogP contribution < -0.4 is 5.73 Å². The van der Waals surface area contributed by atoms with Crippen LogP contribution in [0.15, 0.2) is 195 Å². The fourth-order valence-electron chi connectivity index (χ4n) is 10.8. The van der Waals surface area contributed by atoms with E-state index in [4.69, 9.17) is 5.73 Å². The maximum absolute atomic E-state index is 7.02. The molecule has 0 aliphatic heterocycles. The molecule has 2 aliphatic carbocycles. The molecule has 1 heteroatoms. The standard InChI is InChI=1S/C60H47N/c1-37(38-20-8-6-9-21-38)34-40(35-53(61)39-22-10-7-11-23-39)54-41-24-12-14-26-43(41)55(44-27-15-13-25-42(44)54)48-36-52-57(47-29-17-19-31-50(47)60(52,4)5)58-45(48)32-33-51-56(58)46-28-16-18-30-49(46)59(51,2)3/h6-36H,1,61H2,2-5H3/b40-34+,53-35-. The van der Waals surface area contributed by atoms with E-state index in [0.717, 1.165) is 27.8 Å². The number of nitrogens with two attached hydrogens (primary N) is 1. The molecule has 0 radical (unpaired) electrons. The van der Waals surface area contributed by atoms with E-state index in [-0.39, 0.29) is 10.8 Å². The van der Waals surface area contributed by atoms with Crippen LogP contribution in [-0.4, -0.2) is 0 Å². The van der Waals surface area contributed by atoms with Crippen LogP contribution in [-0.2, 0) is 10.8 Å². The smallest absolute Gasteiger partial charge is 0.0393 e. The number of fused-ring (bicyclic) bond motifs is 11. The van der Waals surface area contributed by atoms with Gasteiger partial charge in [0.25, 0.3) is 0 Å². The van der Waals surface area contributed by atoms with Crippen molar-refractivity contribution in [3.8, 4) is 33.4 Å². The van der Waals surface area contributed by atoms with Crippen molar-refractivity contribution in [2.45, 2.75) is 38.5 Å². The minimum atomic E-state index is -0.204. The largest absolute Gasteiger partial charge is 0.398 e. The Hall–Kier alpha value is -7.22. The van der Waals surface area contributed by atoms with Crippen LogP contribution in [0.2, 0.25) is 0 Å². The monoisotopic (exact) mass is 781 g/mol. The molecule has 11 rings (SSSR count). The first kappa shape index (κ1) is 36.8. The van der Waals surface area contributed by atoms with E-state index in [1.54, 1.807) is 0 Å². The summed E-state index contributed by atoms with van der Waals surface area (Å²) in [5.74, 6) is 0. The zero-order valence-electron chi connectivity index (χ0n) is 35.2. The van der Waals surface area contributed by atoms with Gasteiger partial charge in [0, 0.05) is 16.5 Å². The molecule has 0 aromatic heterocycles. The predicted octanol–water partition coefficient (Wildman–Crippen LogP) is 15.5. The second kappa shape index (κ2) is 13.7. The first-order chi connectivity index (χ1) is 29.6. The van der Waals surface area contributed by atoms with E-state index < -0.39 is 0 Å². The minimum absolute atomic E-state index is 0.126. The Morgan fingerprint density at radius 3 is 1.49 bits per heavy atom. The van der Waals surface area contributed by atoms with Crippen molar-refractivity contribution in [2.75, 3.05) is 0 Å². The molecule has 0 fully saturated rings. The third-order valence-corrected chi connectivity index (χ3v) is 13.8. The summed E-state index contributed by atoms with van der Waals surface area (Å²) in [5, 5.41) is 7.39. The molecular formula is C60H47N. The lowest BCUT2D eigenvalue weighted by atomic mass is 9.77. The van der Waals surface area contributed by atoms with Gasteiger partial charge >= 0.3 is 0 Å². The highest BCUT2D eigenvalue weighted by Gasteiger charge is 2.42. The van der Waals surface area contributed by atoms with Gasteiger partial charge in [-0.05, 0) is 134 Å². The Labute approximate surface area is 358 Å². The fraction of sp³-hybridized carbons (Fsp3) is 0.100. The zero-order valence-corrected chi connectivity index (χ0v) is 35.2. The predicted molar refractivity (Wildman–Crippen MR) is 262 cm³/mol. The third kappa shape index (κ3) is 5.47. The molecule has 0 atom stereocenters. The Balaban J connectivity index is 1.27. The summed E-state index contributed by atoms with van der Waals surface area (Å²) < 4.78 is 0. The molecule has 0 saturated heterocycles. The molecule has 292 valence electrons. The molecule has 1 nitrogen and oxygen atoms in total. The van der Waals surface area contributed by atoms with Crippen molar-refractivity contribution in [1.82, 2.24) is 0 Å². The lowest BCUT2D eigenvalue weighted by molar-refractivity contribution is 0.660. The quantitative estimate of drug-likeness (QED) is 0.132. The summed E-state index contributed by atoms with van der Waals surface area (Å²) in [4.78, 5) is 0. The number of hydrogen-bond donors (Lipinski definition) is 1. The van der Waals surface area contributed by atoms with E-state index >= 15 is 0 Å². The van der Waals surface area contributed by atoms with Crippen LogP contribution in [0.3, 0.4) is 0 Å². The Morgan fingerprint density at radius 2 is 0.902 bits per heavy atom. The van der Waals surface area contributed by atoms with Crippen molar-refractivity contribution in [2.24, 2.45) is 5.73 Å². The number of rotatable bonds is 6. The summed E-state index contributed by atoms with van der Waals surface area (Å²) in [7, 11) is 0. The van der Waals surface area contributed by atoms with E-state index in [9.17, 15) is 0 Å². The van der Waals surface area contributed by atoms with Gasteiger partial charge in [-0.3, -0.25) is 0 Å². The van der Waals surface area contributed by atoms with Crippen molar-refractivity contribution >= 4 is 49.2 Å². The van der Waals surface area contributed by atoms with E-state index in [1.165, 1.54) is 88.0 Å². The van der Waals surface area contributed by atoms with Gasteiger partial charge < -0.3 is 5.73 Å².